The molecule has 8 heteroatoms. The van der Waals surface area contributed by atoms with E-state index in [-0.39, 0.29) is 22.7 Å². The van der Waals surface area contributed by atoms with Gasteiger partial charge < -0.3 is 14.9 Å². The van der Waals surface area contributed by atoms with Crippen molar-refractivity contribution in [3.8, 4) is 5.75 Å². The predicted molar refractivity (Wildman–Crippen MR) is 105 cm³/mol. The van der Waals surface area contributed by atoms with Gasteiger partial charge in [-0.1, -0.05) is 17.7 Å². The first kappa shape index (κ1) is 19.0. The molecule has 0 spiro atoms. The van der Waals surface area contributed by atoms with Gasteiger partial charge in [-0.25, -0.2) is 9.37 Å². The molecule has 0 saturated carbocycles. The Hall–Kier alpha value is -2.38. The maximum absolute atomic E-state index is 13.6. The molecular formula is C20H22ClFN4O2. The number of anilines is 1. The highest BCUT2D eigenvalue weighted by Gasteiger charge is 2.37. The first-order valence-corrected chi connectivity index (χ1v) is 9.76. The van der Waals surface area contributed by atoms with Gasteiger partial charge in [0.2, 0.25) is 5.91 Å². The molecule has 1 unspecified atom stereocenters. The van der Waals surface area contributed by atoms with Crippen LogP contribution in [0.15, 0.2) is 36.5 Å². The Morgan fingerprint density at radius 1 is 1.14 bits per heavy atom. The van der Waals surface area contributed by atoms with Crippen LogP contribution in [0.3, 0.4) is 0 Å². The molecular weight excluding hydrogens is 383 g/mol. The van der Waals surface area contributed by atoms with E-state index in [9.17, 15) is 14.3 Å². The monoisotopic (exact) mass is 404 g/mol. The average molecular weight is 405 g/mol. The Balaban J connectivity index is 1.34. The van der Waals surface area contributed by atoms with Gasteiger partial charge in [-0.2, -0.15) is 0 Å². The van der Waals surface area contributed by atoms with E-state index in [0.717, 1.165) is 44.0 Å². The molecule has 6 nitrogen and oxygen atoms in total. The van der Waals surface area contributed by atoms with E-state index < -0.39 is 5.82 Å². The number of rotatable bonds is 4. The molecule has 28 heavy (non-hydrogen) atoms. The fourth-order valence-corrected chi connectivity index (χ4v) is 4.02. The summed E-state index contributed by atoms with van der Waals surface area (Å²) in [5.41, 5.74) is 0.749. The topological polar surface area (TPSA) is 59.9 Å². The highest BCUT2D eigenvalue weighted by atomic mass is 35.5. The maximum atomic E-state index is 13.6. The fraction of sp³-hybridized carbons (Fsp3) is 0.400. The molecule has 2 aromatic rings. The quantitative estimate of drug-likeness (QED) is 0.848. The van der Waals surface area contributed by atoms with Gasteiger partial charge in [0.05, 0.1) is 17.3 Å². The number of likely N-dealkylation sites (tertiary alicyclic amines) is 1. The second-order valence-corrected chi connectivity index (χ2v) is 7.62. The predicted octanol–water partition coefficient (Wildman–Crippen LogP) is 2.50. The Morgan fingerprint density at radius 2 is 1.93 bits per heavy atom. The van der Waals surface area contributed by atoms with Crippen molar-refractivity contribution in [1.29, 1.82) is 0 Å². The van der Waals surface area contributed by atoms with Gasteiger partial charge in [0.15, 0.2) is 0 Å². The lowest BCUT2D eigenvalue weighted by Gasteiger charge is -2.37. The summed E-state index contributed by atoms with van der Waals surface area (Å²) >= 11 is 5.73. The number of carbonyl (C=O) groups is 1. The first-order valence-electron chi connectivity index (χ1n) is 9.38. The van der Waals surface area contributed by atoms with Gasteiger partial charge in [-0.3, -0.25) is 9.69 Å². The minimum atomic E-state index is -0.457. The molecule has 0 aliphatic carbocycles. The van der Waals surface area contributed by atoms with Crippen molar-refractivity contribution < 1.29 is 14.3 Å². The van der Waals surface area contributed by atoms with E-state index in [1.807, 2.05) is 0 Å². The Morgan fingerprint density at radius 3 is 2.61 bits per heavy atom. The zero-order valence-electron chi connectivity index (χ0n) is 15.4. The minimum absolute atomic E-state index is 0.0929. The third kappa shape index (κ3) is 3.91. The zero-order chi connectivity index (χ0) is 19.7. The standard InChI is InChI=1S/C20H22ClFN4O2/c21-16-3-1-14(11-17(16)22)13-26-6-5-18(20(26)28)24-7-9-25(10-8-24)19-4-2-15(27)12-23-19/h1-4,11-12,18,27H,5-10,13H2. The number of amides is 1. The van der Waals surface area contributed by atoms with Crippen molar-refractivity contribution in [2.75, 3.05) is 37.6 Å². The van der Waals surface area contributed by atoms with Gasteiger partial charge >= 0.3 is 0 Å². The Labute approximate surface area is 168 Å². The van der Waals surface area contributed by atoms with Gasteiger partial charge in [0.1, 0.15) is 17.4 Å². The summed E-state index contributed by atoms with van der Waals surface area (Å²) in [5.74, 6) is 0.633. The zero-order valence-corrected chi connectivity index (χ0v) is 16.1. The second kappa shape index (κ2) is 7.93. The van der Waals surface area contributed by atoms with Crippen LogP contribution in [0.4, 0.5) is 10.2 Å². The Bertz CT molecular complexity index is 856. The van der Waals surface area contributed by atoms with Crippen molar-refractivity contribution in [2.45, 2.75) is 19.0 Å². The minimum Gasteiger partial charge on any atom is -0.506 e. The van der Waals surface area contributed by atoms with Crippen LogP contribution in [0.5, 0.6) is 5.75 Å². The van der Waals surface area contributed by atoms with Crippen LogP contribution in [0, 0.1) is 5.82 Å². The van der Waals surface area contributed by atoms with Crippen LogP contribution in [0.1, 0.15) is 12.0 Å². The van der Waals surface area contributed by atoms with Crippen LogP contribution in [0.25, 0.3) is 0 Å². The number of carbonyl (C=O) groups excluding carboxylic acids is 1. The van der Waals surface area contributed by atoms with Crippen LogP contribution >= 0.6 is 11.6 Å². The molecule has 2 saturated heterocycles. The number of halogens is 2. The smallest absolute Gasteiger partial charge is 0.240 e. The molecule has 1 aromatic heterocycles. The van der Waals surface area contributed by atoms with Gasteiger partial charge in [0.25, 0.3) is 0 Å². The largest absolute Gasteiger partial charge is 0.506 e. The molecule has 2 fully saturated rings. The number of hydrogen-bond donors (Lipinski definition) is 1. The molecule has 3 heterocycles. The van der Waals surface area contributed by atoms with E-state index in [1.54, 1.807) is 23.1 Å². The average Bonchev–Trinajstić information content (AvgIpc) is 3.06. The Kier molecular flexibility index (Phi) is 5.37. The number of hydrogen-bond acceptors (Lipinski definition) is 5. The fourth-order valence-electron chi connectivity index (χ4n) is 3.90. The maximum Gasteiger partial charge on any atom is 0.240 e. The molecule has 2 aliphatic heterocycles. The molecule has 0 bridgehead atoms. The number of pyridine rings is 1. The lowest BCUT2D eigenvalue weighted by atomic mass is 10.1. The molecule has 0 radical (unpaired) electrons. The summed E-state index contributed by atoms with van der Waals surface area (Å²) in [5, 5.41) is 9.46. The molecule has 1 aromatic carbocycles. The van der Waals surface area contributed by atoms with Crippen molar-refractivity contribution in [3.63, 3.8) is 0 Å². The van der Waals surface area contributed by atoms with E-state index in [4.69, 9.17) is 11.6 Å². The van der Waals surface area contributed by atoms with Crippen LogP contribution in [0.2, 0.25) is 5.02 Å². The van der Waals surface area contributed by atoms with E-state index >= 15 is 0 Å². The number of piperazine rings is 1. The van der Waals surface area contributed by atoms with Crippen LogP contribution in [-0.4, -0.2) is 64.6 Å². The summed E-state index contributed by atoms with van der Waals surface area (Å²) in [7, 11) is 0. The molecule has 1 N–H and O–H groups in total. The van der Waals surface area contributed by atoms with Crippen LogP contribution < -0.4 is 4.90 Å². The first-order chi connectivity index (χ1) is 13.5. The summed E-state index contributed by atoms with van der Waals surface area (Å²) in [4.78, 5) is 23.3. The van der Waals surface area contributed by atoms with E-state index in [1.165, 1.54) is 18.3 Å². The number of aromatic hydroxyl groups is 1. The summed E-state index contributed by atoms with van der Waals surface area (Å²) < 4.78 is 13.6. The number of benzene rings is 1. The highest BCUT2D eigenvalue weighted by molar-refractivity contribution is 6.30. The lowest BCUT2D eigenvalue weighted by Crippen LogP contribution is -2.52. The molecule has 1 amide bonds. The summed E-state index contributed by atoms with van der Waals surface area (Å²) in [6.07, 6.45) is 2.23. The normalized spacial score (nSPS) is 20.8. The molecule has 2 aliphatic rings. The third-order valence-corrected chi connectivity index (χ3v) is 5.74. The van der Waals surface area contributed by atoms with Crippen molar-refractivity contribution in [1.82, 2.24) is 14.8 Å². The van der Waals surface area contributed by atoms with Crippen LogP contribution in [-0.2, 0) is 11.3 Å². The lowest BCUT2D eigenvalue weighted by molar-refractivity contribution is -0.132. The van der Waals surface area contributed by atoms with Crippen molar-refractivity contribution in [2.24, 2.45) is 0 Å². The van der Waals surface area contributed by atoms with E-state index in [0.29, 0.717) is 13.1 Å². The summed E-state index contributed by atoms with van der Waals surface area (Å²) in [6.45, 7) is 4.20. The SMILES string of the molecule is O=C1C(N2CCN(c3ccc(O)cn3)CC2)CCN1Cc1ccc(Cl)c(F)c1. The number of nitrogens with zero attached hydrogens (tertiary/aromatic N) is 4. The number of aromatic nitrogens is 1. The van der Waals surface area contributed by atoms with Gasteiger partial charge in [-0.05, 0) is 36.2 Å². The van der Waals surface area contributed by atoms with Crippen molar-refractivity contribution in [3.05, 3.63) is 52.9 Å². The molecule has 4 rings (SSSR count). The van der Waals surface area contributed by atoms with Gasteiger partial charge in [0, 0.05) is 39.3 Å². The highest BCUT2D eigenvalue weighted by Crippen LogP contribution is 2.24. The molecule has 1 atom stereocenters. The molecule has 148 valence electrons. The third-order valence-electron chi connectivity index (χ3n) is 5.44. The van der Waals surface area contributed by atoms with Crippen molar-refractivity contribution >= 4 is 23.3 Å². The second-order valence-electron chi connectivity index (χ2n) is 7.21. The van der Waals surface area contributed by atoms with Gasteiger partial charge in [-0.15, -0.1) is 0 Å². The summed E-state index contributed by atoms with van der Waals surface area (Å²) in [6, 6.07) is 8.00. The van der Waals surface area contributed by atoms with E-state index in [2.05, 4.69) is 14.8 Å².